The molecule has 0 unspecified atom stereocenters. The Morgan fingerprint density at radius 1 is 1.43 bits per heavy atom. The Balaban J connectivity index is 2.80. The molecular weight excluding hydrogens is 176 g/mol. The van der Waals surface area contributed by atoms with Gasteiger partial charge in [-0.1, -0.05) is 13.8 Å². The van der Waals surface area contributed by atoms with E-state index in [2.05, 4.69) is 18.8 Å². The number of anilines is 1. The molecule has 1 heterocycles. The second-order valence-electron chi connectivity index (χ2n) is 3.40. The molecule has 0 atom stereocenters. The van der Waals surface area contributed by atoms with Crippen molar-refractivity contribution in [1.82, 2.24) is 4.98 Å². The van der Waals surface area contributed by atoms with Gasteiger partial charge in [0.2, 0.25) is 5.88 Å². The van der Waals surface area contributed by atoms with Crippen LogP contribution in [0.15, 0.2) is 12.3 Å². The van der Waals surface area contributed by atoms with Crippen molar-refractivity contribution >= 4 is 5.69 Å². The van der Waals surface area contributed by atoms with Gasteiger partial charge in [-0.15, -0.1) is 0 Å². The Labute approximate surface area is 85.3 Å². The van der Waals surface area contributed by atoms with Gasteiger partial charge in [0.05, 0.1) is 5.69 Å². The lowest BCUT2D eigenvalue weighted by atomic mass is 10.2. The van der Waals surface area contributed by atoms with E-state index in [1.165, 1.54) is 0 Å². The first kappa shape index (κ1) is 10.8. The predicted octanol–water partition coefficient (Wildman–Crippen LogP) is 2.54. The smallest absolute Gasteiger partial charge is 0.237 e. The van der Waals surface area contributed by atoms with Gasteiger partial charge in [0, 0.05) is 6.20 Å². The maximum atomic E-state index is 5.85. The second kappa shape index (κ2) is 4.84. The van der Waals surface area contributed by atoms with Crippen LogP contribution in [0.5, 0.6) is 5.88 Å². The number of nitrogens with two attached hydrogens (primary N) is 1. The summed E-state index contributed by atoms with van der Waals surface area (Å²) in [6.45, 7) is 6.15. The molecule has 0 amide bonds. The van der Waals surface area contributed by atoms with E-state index in [4.69, 9.17) is 10.5 Å². The standard InChI is InChI=1S/C11H18N2O/c1-4-9(5-2)14-11-10(12)8(3)6-7-13-11/h6-7,9H,4-5,12H2,1-3H3. The van der Waals surface area contributed by atoms with Crippen molar-refractivity contribution in [3.05, 3.63) is 17.8 Å². The van der Waals surface area contributed by atoms with E-state index in [1.807, 2.05) is 13.0 Å². The number of ether oxygens (including phenoxy) is 1. The number of aryl methyl sites for hydroxylation is 1. The van der Waals surface area contributed by atoms with Crippen LogP contribution in [0.3, 0.4) is 0 Å². The van der Waals surface area contributed by atoms with Crippen LogP contribution in [-0.2, 0) is 0 Å². The molecule has 1 rings (SSSR count). The van der Waals surface area contributed by atoms with Crippen LogP contribution in [0.4, 0.5) is 5.69 Å². The van der Waals surface area contributed by atoms with Crippen LogP contribution < -0.4 is 10.5 Å². The fourth-order valence-electron chi connectivity index (χ4n) is 1.25. The maximum absolute atomic E-state index is 5.85. The van der Waals surface area contributed by atoms with Crippen LogP contribution in [0.2, 0.25) is 0 Å². The largest absolute Gasteiger partial charge is 0.473 e. The molecule has 0 spiro atoms. The number of hydrogen-bond donors (Lipinski definition) is 1. The van der Waals surface area contributed by atoms with Crippen molar-refractivity contribution in [3.8, 4) is 5.88 Å². The lowest BCUT2D eigenvalue weighted by Gasteiger charge is -2.16. The summed E-state index contributed by atoms with van der Waals surface area (Å²) in [6.07, 6.45) is 3.90. The molecule has 0 radical (unpaired) electrons. The quantitative estimate of drug-likeness (QED) is 0.801. The summed E-state index contributed by atoms with van der Waals surface area (Å²) < 4.78 is 5.69. The third-order valence-corrected chi connectivity index (χ3v) is 2.36. The number of hydrogen-bond acceptors (Lipinski definition) is 3. The zero-order valence-corrected chi connectivity index (χ0v) is 9.08. The van der Waals surface area contributed by atoms with Gasteiger partial charge in [0.25, 0.3) is 0 Å². The Kier molecular flexibility index (Phi) is 3.74. The van der Waals surface area contributed by atoms with Crippen molar-refractivity contribution in [2.75, 3.05) is 5.73 Å². The molecule has 0 saturated carbocycles. The molecule has 1 aromatic heterocycles. The molecule has 3 heteroatoms. The molecule has 0 saturated heterocycles. The summed E-state index contributed by atoms with van der Waals surface area (Å²) in [5.74, 6) is 0.568. The summed E-state index contributed by atoms with van der Waals surface area (Å²) >= 11 is 0. The molecule has 0 aliphatic heterocycles. The van der Waals surface area contributed by atoms with Gasteiger partial charge in [-0.2, -0.15) is 0 Å². The lowest BCUT2D eigenvalue weighted by molar-refractivity contribution is 0.186. The lowest BCUT2D eigenvalue weighted by Crippen LogP contribution is -2.15. The fraction of sp³-hybridized carbons (Fsp3) is 0.545. The zero-order chi connectivity index (χ0) is 10.6. The van der Waals surface area contributed by atoms with E-state index < -0.39 is 0 Å². The third kappa shape index (κ3) is 2.37. The molecule has 14 heavy (non-hydrogen) atoms. The Morgan fingerprint density at radius 2 is 2.07 bits per heavy atom. The summed E-state index contributed by atoms with van der Waals surface area (Å²) in [5.41, 5.74) is 7.52. The van der Waals surface area contributed by atoms with Crippen molar-refractivity contribution in [1.29, 1.82) is 0 Å². The number of pyridine rings is 1. The van der Waals surface area contributed by atoms with Gasteiger partial charge < -0.3 is 10.5 Å². The Hall–Kier alpha value is -1.25. The molecular formula is C11H18N2O. The van der Waals surface area contributed by atoms with Gasteiger partial charge in [-0.25, -0.2) is 4.98 Å². The monoisotopic (exact) mass is 194 g/mol. The van der Waals surface area contributed by atoms with E-state index in [0.29, 0.717) is 11.6 Å². The van der Waals surface area contributed by atoms with Crippen LogP contribution in [0, 0.1) is 6.92 Å². The number of nitrogen functional groups attached to an aromatic ring is 1. The minimum atomic E-state index is 0.214. The van der Waals surface area contributed by atoms with Crippen LogP contribution in [0.25, 0.3) is 0 Å². The van der Waals surface area contributed by atoms with Crippen molar-refractivity contribution < 1.29 is 4.74 Å². The minimum Gasteiger partial charge on any atom is -0.473 e. The normalized spacial score (nSPS) is 10.6. The number of nitrogens with zero attached hydrogens (tertiary/aromatic N) is 1. The van der Waals surface area contributed by atoms with E-state index in [-0.39, 0.29) is 6.10 Å². The van der Waals surface area contributed by atoms with Crippen LogP contribution >= 0.6 is 0 Å². The minimum absolute atomic E-state index is 0.214. The molecule has 0 fully saturated rings. The van der Waals surface area contributed by atoms with Gasteiger partial charge >= 0.3 is 0 Å². The summed E-state index contributed by atoms with van der Waals surface area (Å²) in [6, 6.07) is 1.88. The average Bonchev–Trinajstić information content (AvgIpc) is 2.20. The Bertz CT molecular complexity index is 295. The van der Waals surface area contributed by atoms with Gasteiger partial charge in [0.1, 0.15) is 6.10 Å². The molecule has 0 bridgehead atoms. The topological polar surface area (TPSA) is 48.1 Å². The molecule has 1 aromatic rings. The first-order valence-electron chi connectivity index (χ1n) is 5.06. The molecule has 0 aliphatic carbocycles. The first-order valence-corrected chi connectivity index (χ1v) is 5.06. The van der Waals surface area contributed by atoms with Crippen molar-refractivity contribution in [3.63, 3.8) is 0 Å². The molecule has 0 aliphatic rings. The van der Waals surface area contributed by atoms with Gasteiger partial charge in [-0.3, -0.25) is 0 Å². The molecule has 3 nitrogen and oxygen atoms in total. The SMILES string of the molecule is CCC(CC)Oc1nccc(C)c1N. The highest BCUT2D eigenvalue weighted by Crippen LogP contribution is 2.23. The number of rotatable bonds is 4. The van der Waals surface area contributed by atoms with Crippen molar-refractivity contribution in [2.45, 2.75) is 39.7 Å². The Morgan fingerprint density at radius 3 is 2.64 bits per heavy atom. The molecule has 0 aromatic carbocycles. The van der Waals surface area contributed by atoms with E-state index >= 15 is 0 Å². The second-order valence-corrected chi connectivity index (χ2v) is 3.40. The average molecular weight is 194 g/mol. The van der Waals surface area contributed by atoms with Gasteiger partial charge in [-0.05, 0) is 31.4 Å². The fourth-order valence-corrected chi connectivity index (χ4v) is 1.25. The summed E-state index contributed by atoms with van der Waals surface area (Å²) in [7, 11) is 0. The predicted molar refractivity (Wildman–Crippen MR) is 58.4 cm³/mol. The van der Waals surface area contributed by atoms with Crippen molar-refractivity contribution in [2.24, 2.45) is 0 Å². The highest BCUT2D eigenvalue weighted by molar-refractivity contribution is 5.53. The maximum Gasteiger partial charge on any atom is 0.237 e. The molecule has 78 valence electrons. The van der Waals surface area contributed by atoms with E-state index in [1.54, 1.807) is 6.20 Å². The van der Waals surface area contributed by atoms with Crippen LogP contribution in [0.1, 0.15) is 32.3 Å². The number of aromatic nitrogens is 1. The van der Waals surface area contributed by atoms with E-state index in [9.17, 15) is 0 Å². The first-order chi connectivity index (χ1) is 6.69. The highest BCUT2D eigenvalue weighted by Gasteiger charge is 2.09. The summed E-state index contributed by atoms with van der Waals surface area (Å²) in [4.78, 5) is 4.13. The zero-order valence-electron chi connectivity index (χ0n) is 9.08. The highest BCUT2D eigenvalue weighted by atomic mass is 16.5. The molecule has 2 N–H and O–H groups in total. The van der Waals surface area contributed by atoms with Crippen LogP contribution in [-0.4, -0.2) is 11.1 Å². The van der Waals surface area contributed by atoms with Gasteiger partial charge in [0.15, 0.2) is 0 Å². The third-order valence-electron chi connectivity index (χ3n) is 2.36. The summed E-state index contributed by atoms with van der Waals surface area (Å²) in [5, 5.41) is 0. The van der Waals surface area contributed by atoms with E-state index in [0.717, 1.165) is 18.4 Å².